The van der Waals surface area contributed by atoms with Crippen LogP contribution in [0.4, 0.5) is 5.69 Å². The van der Waals surface area contributed by atoms with Gasteiger partial charge in [-0.1, -0.05) is 36.9 Å². The first-order valence-electron chi connectivity index (χ1n) is 9.62. The molecule has 0 radical (unpaired) electrons. The van der Waals surface area contributed by atoms with Crippen LogP contribution in [-0.2, 0) is 17.8 Å². The summed E-state index contributed by atoms with van der Waals surface area (Å²) in [5.74, 6) is 2.59. The molecule has 1 aromatic carbocycles. The van der Waals surface area contributed by atoms with E-state index in [9.17, 15) is 4.79 Å². The van der Waals surface area contributed by atoms with Crippen LogP contribution in [0.15, 0.2) is 46.2 Å². The molecule has 2 heterocycles. The van der Waals surface area contributed by atoms with Crippen LogP contribution in [0, 0.1) is 6.92 Å². The van der Waals surface area contributed by atoms with Crippen LogP contribution in [0.25, 0.3) is 0 Å². The molecule has 1 fully saturated rings. The summed E-state index contributed by atoms with van der Waals surface area (Å²) < 4.78 is 7.58. The molecule has 7 heteroatoms. The van der Waals surface area contributed by atoms with Gasteiger partial charge < -0.3 is 9.73 Å². The van der Waals surface area contributed by atoms with Crippen molar-refractivity contribution in [2.24, 2.45) is 0 Å². The molecule has 0 atom stereocenters. The zero-order chi connectivity index (χ0) is 19.5. The standard InChI is InChI=1S/C21H24N4O2S/c1-3-15-7-4-6-14(2)19(15)22-18(26)13-28-21-24-23-20(16-9-10-16)25(21)12-17-8-5-11-27-17/h4-8,11,16H,3,9-10,12-13H2,1-2H3,(H,22,26). The van der Waals surface area contributed by atoms with Crippen LogP contribution >= 0.6 is 11.8 Å². The van der Waals surface area contributed by atoms with E-state index in [1.807, 2.05) is 31.2 Å². The number of para-hydroxylation sites is 1. The molecule has 1 saturated carbocycles. The number of aryl methyl sites for hydroxylation is 2. The minimum atomic E-state index is -0.0329. The number of nitrogens with one attached hydrogen (secondary N) is 1. The van der Waals surface area contributed by atoms with Crippen LogP contribution in [0.2, 0.25) is 0 Å². The number of rotatable bonds is 8. The molecule has 28 heavy (non-hydrogen) atoms. The number of carbonyl (C=O) groups is 1. The maximum atomic E-state index is 12.6. The van der Waals surface area contributed by atoms with E-state index in [1.54, 1.807) is 6.26 Å². The van der Waals surface area contributed by atoms with Gasteiger partial charge in [0, 0.05) is 11.6 Å². The number of hydrogen-bond donors (Lipinski definition) is 1. The van der Waals surface area contributed by atoms with Crippen molar-refractivity contribution in [1.29, 1.82) is 0 Å². The predicted molar refractivity (Wildman–Crippen MR) is 110 cm³/mol. The van der Waals surface area contributed by atoms with Crippen LogP contribution in [0.3, 0.4) is 0 Å². The predicted octanol–water partition coefficient (Wildman–Crippen LogP) is 4.40. The van der Waals surface area contributed by atoms with E-state index in [4.69, 9.17) is 4.42 Å². The van der Waals surface area contributed by atoms with E-state index >= 15 is 0 Å². The van der Waals surface area contributed by atoms with Gasteiger partial charge >= 0.3 is 0 Å². The van der Waals surface area contributed by atoms with Gasteiger partial charge in [-0.2, -0.15) is 0 Å². The molecule has 0 unspecified atom stereocenters. The van der Waals surface area contributed by atoms with Gasteiger partial charge in [0.1, 0.15) is 11.6 Å². The Morgan fingerprint density at radius 1 is 1.29 bits per heavy atom. The molecule has 0 aliphatic heterocycles. The van der Waals surface area contributed by atoms with Crippen molar-refractivity contribution >= 4 is 23.4 Å². The molecule has 4 rings (SSSR count). The second-order valence-corrected chi connectivity index (χ2v) is 8.02. The van der Waals surface area contributed by atoms with E-state index in [-0.39, 0.29) is 5.91 Å². The molecule has 3 aromatic rings. The summed E-state index contributed by atoms with van der Waals surface area (Å²) in [5.41, 5.74) is 3.15. The molecular weight excluding hydrogens is 372 g/mol. The third-order valence-corrected chi connectivity index (χ3v) is 5.89. The van der Waals surface area contributed by atoms with Gasteiger partial charge in [-0.15, -0.1) is 10.2 Å². The van der Waals surface area contributed by atoms with E-state index in [0.29, 0.717) is 18.2 Å². The van der Waals surface area contributed by atoms with Crippen molar-refractivity contribution in [2.75, 3.05) is 11.1 Å². The Morgan fingerprint density at radius 2 is 2.14 bits per heavy atom. The largest absolute Gasteiger partial charge is 0.467 e. The van der Waals surface area contributed by atoms with Gasteiger partial charge in [0.05, 0.1) is 18.6 Å². The lowest BCUT2D eigenvalue weighted by molar-refractivity contribution is -0.113. The summed E-state index contributed by atoms with van der Waals surface area (Å²) in [5, 5.41) is 12.6. The van der Waals surface area contributed by atoms with Gasteiger partial charge in [0.15, 0.2) is 5.16 Å². The Morgan fingerprint density at radius 3 is 2.86 bits per heavy atom. The number of thioether (sulfide) groups is 1. The maximum absolute atomic E-state index is 12.6. The second-order valence-electron chi connectivity index (χ2n) is 7.08. The van der Waals surface area contributed by atoms with E-state index in [2.05, 4.69) is 33.1 Å². The molecule has 1 amide bonds. The van der Waals surface area contributed by atoms with E-state index in [0.717, 1.165) is 52.8 Å². The highest BCUT2D eigenvalue weighted by Crippen LogP contribution is 2.40. The molecule has 6 nitrogen and oxygen atoms in total. The Hall–Kier alpha value is -2.54. The average molecular weight is 397 g/mol. The van der Waals surface area contributed by atoms with Crippen LogP contribution in [0.1, 0.15) is 48.4 Å². The fraction of sp³-hybridized carbons (Fsp3) is 0.381. The van der Waals surface area contributed by atoms with Gasteiger partial charge in [-0.25, -0.2) is 0 Å². The molecule has 0 saturated heterocycles. The number of anilines is 1. The van der Waals surface area contributed by atoms with Gasteiger partial charge in [0.2, 0.25) is 5.91 Å². The first-order valence-corrected chi connectivity index (χ1v) is 10.6. The lowest BCUT2D eigenvalue weighted by Crippen LogP contribution is -2.17. The van der Waals surface area contributed by atoms with Crippen molar-refractivity contribution < 1.29 is 9.21 Å². The third-order valence-electron chi connectivity index (χ3n) is 4.92. The smallest absolute Gasteiger partial charge is 0.234 e. The maximum Gasteiger partial charge on any atom is 0.234 e. The molecule has 0 bridgehead atoms. The highest BCUT2D eigenvalue weighted by molar-refractivity contribution is 7.99. The van der Waals surface area contributed by atoms with Crippen molar-refractivity contribution in [2.45, 2.75) is 50.7 Å². The first kappa shape index (κ1) is 18.8. The van der Waals surface area contributed by atoms with E-state index in [1.165, 1.54) is 11.8 Å². The number of aromatic nitrogens is 3. The van der Waals surface area contributed by atoms with Crippen LogP contribution < -0.4 is 5.32 Å². The Balaban J connectivity index is 1.45. The topological polar surface area (TPSA) is 73.0 Å². The third kappa shape index (κ3) is 4.14. The van der Waals surface area contributed by atoms with Crippen molar-refractivity contribution in [3.05, 3.63) is 59.3 Å². The van der Waals surface area contributed by atoms with Crippen molar-refractivity contribution in [3.8, 4) is 0 Å². The normalized spacial score (nSPS) is 13.6. The van der Waals surface area contributed by atoms with Crippen LogP contribution in [-0.4, -0.2) is 26.4 Å². The number of carbonyl (C=O) groups excluding carboxylic acids is 1. The minimum Gasteiger partial charge on any atom is -0.467 e. The molecule has 1 aliphatic rings. The average Bonchev–Trinajstić information content (AvgIpc) is 3.26. The monoisotopic (exact) mass is 396 g/mol. The lowest BCUT2D eigenvalue weighted by atomic mass is 10.1. The summed E-state index contributed by atoms with van der Waals surface area (Å²) >= 11 is 1.42. The molecule has 146 valence electrons. The highest BCUT2D eigenvalue weighted by Gasteiger charge is 2.30. The lowest BCUT2D eigenvalue weighted by Gasteiger charge is -2.13. The van der Waals surface area contributed by atoms with Crippen molar-refractivity contribution in [3.63, 3.8) is 0 Å². The quantitative estimate of drug-likeness (QED) is 0.572. The van der Waals surface area contributed by atoms with E-state index < -0.39 is 0 Å². The SMILES string of the molecule is CCc1cccc(C)c1NC(=O)CSc1nnc(C2CC2)n1Cc1ccco1. The Kier molecular flexibility index (Phi) is 5.52. The first-order chi connectivity index (χ1) is 13.7. The molecule has 0 spiro atoms. The van der Waals surface area contributed by atoms with Gasteiger partial charge in [-0.05, 0) is 49.4 Å². The zero-order valence-corrected chi connectivity index (χ0v) is 17.0. The summed E-state index contributed by atoms with van der Waals surface area (Å²) in [6.45, 7) is 4.70. The fourth-order valence-corrected chi connectivity index (χ4v) is 4.01. The number of furan rings is 1. The summed E-state index contributed by atoms with van der Waals surface area (Å²) in [4.78, 5) is 12.6. The number of amides is 1. The molecular formula is C21H24N4O2S. The Bertz CT molecular complexity index is 961. The number of hydrogen-bond acceptors (Lipinski definition) is 5. The van der Waals surface area contributed by atoms with Crippen LogP contribution in [0.5, 0.6) is 0 Å². The molecule has 1 N–H and O–H groups in total. The number of nitrogens with zero attached hydrogens (tertiary/aromatic N) is 3. The summed E-state index contributed by atoms with van der Waals surface area (Å²) in [6, 6.07) is 9.92. The summed E-state index contributed by atoms with van der Waals surface area (Å²) in [6.07, 6.45) is 4.85. The molecule has 1 aliphatic carbocycles. The van der Waals surface area contributed by atoms with Gasteiger partial charge in [-0.3, -0.25) is 9.36 Å². The number of benzene rings is 1. The Labute approximate surface area is 168 Å². The van der Waals surface area contributed by atoms with Gasteiger partial charge in [0.25, 0.3) is 0 Å². The highest BCUT2D eigenvalue weighted by atomic mass is 32.2. The second kappa shape index (κ2) is 8.22. The summed E-state index contributed by atoms with van der Waals surface area (Å²) in [7, 11) is 0. The molecule has 2 aromatic heterocycles. The fourth-order valence-electron chi connectivity index (χ4n) is 3.26. The zero-order valence-electron chi connectivity index (χ0n) is 16.1. The van der Waals surface area contributed by atoms with Crippen molar-refractivity contribution in [1.82, 2.24) is 14.8 Å². The minimum absolute atomic E-state index is 0.0329.